The highest BCUT2D eigenvalue weighted by Gasteiger charge is 2.16. The minimum atomic E-state index is 0.352. The van der Waals surface area contributed by atoms with Gasteiger partial charge in [0.1, 0.15) is 0 Å². The van der Waals surface area contributed by atoms with Crippen molar-refractivity contribution in [3.05, 3.63) is 57.9 Å². The molecule has 2 nitrogen and oxygen atoms in total. The quantitative estimate of drug-likeness (QED) is 0.836. The van der Waals surface area contributed by atoms with Crippen molar-refractivity contribution >= 4 is 5.69 Å². The lowest BCUT2D eigenvalue weighted by Gasteiger charge is -2.25. The van der Waals surface area contributed by atoms with Crippen molar-refractivity contribution in [1.82, 2.24) is 4.98 Å². The van der Waals surface area contributed by atoms with Crippen LogP contribution in [-0.4, -0.2) is 11.0 Å². The molecular weight excluding hydrogens is 268 g/mol. The molecule has 0 bridgehead atoms. The minimum Gasteiger partial charge on any atom is -0.381 e. The Labute approximate surface area is 135 Å². The summed E-state index contributed by atoms with van der Waals surface area (Å²) in [4.78, 5) is 4.54. The van der Waals surface area contributed by atoms with Gasteiger partial charge in [-0.15, -0.1) is 0 Å². The summed E-state index contributed by atoms with van der Waals surface area (Å²) in [6.45, 7) is 15.2. The zero-order valence-electron chi connectivity index (χ0n) is 14.9. The van der Waals surface area contributed by atoms with Gasteiger partial charge in [-0.05, 0) is 75.9 Å². The predicted octanol–water partition coefficient (Wildman–Crippen LogP) is 5.23. The van der Waals surface area contributed by atoms with E-state index in [0.29, 0.717) is 12.0 Å². The Bertz CT molecular complexity index is 650. The molecule has 0 radical (unpaired) electrons. The average Bonchev–Trinajstić information content (AvgIpc) is 2.46. The second-order valence-corrected chi connectivity index (χ2v) is 6.59. The first-order valence-corrected chi connectivity index (χ1v) is 8.08. The number of aromatic nitrogens is 1. The SMILES string of the molecule is Cc1ccc(NC(C)C(C)c2cc(C)c(C)c(C)c2)c(C)n1. The Balaban J connectivity index is 2.20. The van der Waals surface area contributed by atoms with Gasteiger partial charge in [-0.25, -0.2) is 0 Å². The van der Waals surface area contributed by atoms with Crippen LogP contribution in [0.1, 0.15) is 53.4 Å². The van der Waals surface area contributed by atoms with Crippen LogP contribution in [0.5, 0.6) is 0 Å². The van der Waals surface area contributed by atoms with E-state index in [-0.39, 0.29) is 0 Å². The van der Waals surface area contributed by atoms with Crippen molar-refractivity contribution in [2.24, 2.45) is 0 Å². The third-order valence-electron chi connectivity index (χ3n) is 4.83. The van der Waals surface area contributed by atoms with Crippen LogP contribution in [0.3, 0.4) is 0 Å². The molecule has 0 spiro atoms. The van der Waals surface area contributed by atoms with E-state index in [2.05, 4.69) is 76.1 Å². The molecule has 2 rings (SSSR count). The van der Waals surface area contributed by atoms with Gasteiger partial charge < -0.3 is 5.32 Å². The van der Waals surface area contributed by atoms with E-state index in [1.54, 1.807) is 0 Å². The molecule has 2 aromatic rings. The number of anilines is 1. The van der Waals surface area contributed by atoms with Gasteiger partial charge in [-0.1, -0.05) is 19.1 Å². The summed E-state index contributed by atoms with van der Waals surface area (Å²) in [5.41, 5.74) is 8.81. The molecule has 118 valence electrons. The Morgan fingerprint density at radius 2 is 1.50 bits per heavy atom. The smallest absolute Gasteiger partial charge is 0.0606 e. The number of benzene rings is 1. The highest BCUT2D eigenvalue weighted by Crippen LogP contribution is 2.26. The summed E-state index contributed by atoms with van der Waals surface area (Å²) >= 11 is 0. The normalized spacial score (nSPS) is 13.8. The lowest BCUT2D eigenvalue weighted by Crippen LogP contribution is -2.23. The number of nitrogens with one attached hydrogen (secondary N) is 1. The highest BCUT2D eigenvalue weighted by atomic mass is 14.9. The molecule has 1 heterocycles. The molecule has 1 N–H and O–H groups in total. The Kier molecular flexibility index (Phi) is 4.90. The van der Waals surface area contributed by atoms with E-state index in [4.69, 9.17) is 0 Å². The van der Waals surface area contributed by atoms with Crippen molar-refractivity contribution in [3.63, 3.8) is 0 Å². The van der Waals surface area contributed by atoms with E-state index in [1.807, 2.05) is 6.92 Å². The van der Waals surface area contributed by atoms with Crippen LogP contribution in [0.25, 0.3) is 0 Å². The molecule has 0 saturated carbocycles. The molecule has 0 aliphatic heterocycles. The minimum absolute atomic E-state index is 0.352. The predicted molar refractivity (Wildman–Crippen MR) is 95.9 cm³/mol. The first kappa shape index (κ1) is 16.5. The number of rotatable bonds is 4. The summed E-state index contributed by atoms with van der Waals surface area (Å²) in [6.07, 6.45) is 0. The van der Waals surface area contributed by atoms with Crippen LogP contribution in [0.2, 0.25) is 0 Å². The molecule has 2 atom stereocenters. The van der Waals surface area contributed by atoms with Gasteiger partial charge in [0, 0.05) is 17.7 Å². The third-order valence-corrected chi connectivity index (χ3v) is 4.83. The van der Waals surface area contributed by atoms with Crippen molar-refractivity contribution in [2.45, 2.75) is 60.4 Å². The molecule has 0 aliphatic rings. The second-order valence-electron chi connectivity index (χ2n) is 6.59. The van der Waals surface area contributed by atoms with E-state index >= 15 is 0 Å². The number of aryl methyl sites for hydroxylation is 4. The maximum atomic E-state index is 4.54. The average molecular weight is 296 g/mol. The van der Waals surface area contributed by atoms with Crippen molar-refractivity contribution in [1.29, 1.82) is 0 Å². The standard InChI is InChI=1S/C20H28N2/c1-12-10-19(11-13(2)15(12)4)16(5)17(6)22-20-9-8-14(3)21-18(20)7/h8-11,16-17,22H,1-7H3. The highest BCUT2D eigenvalue weighted by molar-refractivity contribution is 5.49. The van der Waals surface area contributed by atoms with Crippen molar-refractivity contribution < 1.29 is 0 Å². The molecule has 1 aromatic heterocycles. The summed E-state index contributed by atoms with van der Waals surface area (Å²) in [7, 11) is 0. The van der Waals surface area contributed by atoms with Crippen LogP contribution < -0.4 is 5.32 Å². The Hall–Kier alpha value is -1.83. The second kappa shape index (κ2) is 6.51. The lowest BCUT2D eigenvalue weighted by atomic mass is 9.89. The molecule has 22 heavy (non-hydrogen) atoms. The van der Waals surface area contributed by atoms with E-state index < -0.39 is 0 Å². The fraction of sp³-hybridized carbons (Fsp3) is 0.450. The molecule has 0 aliphatic carbocycles. The molecule has 2 unspecified atom stereocenters. The zero-order valence-corrected chi connectivity index (χ0v) is 14.9. The first-order chi connectivity index (χ1) is 10.3. The largest absolute Gasteiger partial charge is 0.381 e. The van der Waals surface area contributed by atoms with Gasteiger partial charge in [0.15, 0.2) is 0 Å². The van der Waals surface area contributed by atoms with Gasteiger partial charge >= 0.3 is 0 Å². The molecule has 1 aromatic carbocycles. The summed E-state index contributed by atoms with van der Waals surface area (Å²) < 4.78 is 0. The molecule has 2 heteroatoms. The topological polar surface area (TPSA) is 24.9 Å². The van der Waals surface area contributed by atoms with Gasteiger partial charge in [0.25, 0.3) is 0 Å². The number of hydrogen-bond acceptors (Lipinski definition) is 2. The maximum absolute atomic E-state index is 4.54. The lowest BCUT2D eigenvalue weighted by molar-refractivity contribution is 0.648. The summed E-state index contributed by atoms with van der Waals surface area (Å²) in [5.74, 6) is 0.443. The van der Waals surface area contributed by atoms with Gasteiger partial charge in [0.2, 0.25) is 0 Å². The number of hydrogen-bond donors (Lipinski definition) is 1. The van der Waals surface area contributed by atoms with Gasteiger partial charge in [-0.2, -0.15) is 0 Å². The first-order valence-electron chi connectivity index (χ1n) is 8.08. The summed E-state index contributed by atoms with van der Waals surface area (Å²) in [5, 5.41) is 3.63. The van der Waals surface area contributed by atoms with Crippen molar-refractivity contribution in [2.75, 3.05) is 5.32 Å². The van der Waals surface area contributed by atoms with Gasteiger partial charge in [0.05, 0.1) is 11.4 Å². The van der Waals surface area contributed by atoms with Crippen LogP contribution in [0.4, 0.5) is 5.69 Å². The zero-order chi connectivity index (χ0) is 16.4. The Morgan fingerprint density at radius 3 is 2.05 bits per heavy atom. The maximum Gasteiger partial charge on any atom is 0.0606 e. The van der Waals surface area contributed by atoms with E-state index in [1.165, 1.54) is 22.3 Å². The number of nitrogens with zero attached hydrogens (tertiary/aromatic N) is 1. The fourth-order valence-electron chi connectivity index (χ4n) is 2.83. The van der Waals surface area contributed by atoms with E-state index in [9.17, 15) is 0 Å². The molecular formula is C20H28N2. The number of pyridine rings is 1. The van der Waals surface area contributed by atoms with Crippen molar-refractivity contribution in [3.8, 4) is 0 Å². The Morgan fingerprint density at radius 1 is 0.909 bits per heavy atom. The van der Waals surface area contributed by atoms with E-state index in [0.717, 1.165) is 17.1 Å². The fourth-order valence-corrected chi connectivity index (χ4v) is 2.83. The monoisotopic (exact) mass is 296 g/mol. The van der Waals surface area contributed by atoms with Crippen LogP contribution in [0.15, 0.2) is 24.3 Å². The molecule has 0 fully saturated rings. The third kappa shape index (κ3) is 3.49. The van der Waals surface area contributed by atoms with Crippen LogP contribution in [0, 0.1) is 34.6 Å². The summed E-state index contributed by atoms with van der Waals surface area (Å²) in [6, 6.07) is 9.20. The molecule has 0 amide bonds. The molecule has 0 saturated heterocycles. The van der Waals surface area contributed by atoms with Gasteiger partial charge in [-0.3, -0.25) is 4.98 Å². The van der Waals surface area contributed by atoms with Crippen LogP contribution >= 0.6 is 0 Å². The van der Waals surface area contributed by atoms with Crippen LogP contribution in [-0.2, 0) is 0 Å².